The molecule has 0 unspecified atom stereocenters. The average Bonchev–Trinajstić information content (AvgIpc) is 3.16. The quantitative estimate of drug-likeness (QED) is 0.694. The number of methoxy groups -OCH3 is 1. The first kappa shape index (κ1) is 15.9. The molecule has 0 saturated carbocycles. The summed E-state index contributed by atoms with van der Waals surface area (Å²) in [6.07, 6.45) is 0.909. The van der Waals surface area contributed by atoms with Gasteiger partial charge in [0.05, 0.1) is 13.2 Å². The molecule has 1 amide bonds. The van der Waals surface area contributed by atoms with Crippen molar-refractivity contribution in [2.45, 2.75) is 12.5 Å². The van der Waals surface area contributed by atoms with Crippen LogP contribution in [0.15, 0.2) is 66.0 Å². The lowest BCUT2D eigenvalue weighted by Gasteiger charge is -2.36. The van der Waals surface area contributed by atoms with Crippen molar-refractivity contribution in [1.29, 1.82) is 0 Å². The van der Waals surface area contributed by atoms with Gasteiger partial charge in [-0.2, -0.15) is 0 Å². The highest BCUT2D eigenvalue weighted by Crippen LogP contribution is 2.38. The summed E-state index contributed by atoms with van der Waals surface area (Å²) in [4.78, 5) is 16.6. The summed E-state index contributed by atoms with van der Waals surface area (Å²) in [6, 6.07) is 19.8. The molecule has 1 atom stereocenters. The smallest absolute Gasteiger partial charge is 0.254 e. The molecule has 3 aromatic rings. The van der Waals surface area contributed by atoms with Gasteiger partial charge in [-0.1, -0.05) is 36.4 Å². The molecule has 0 spiro atoms. The van der Waals surface area contributed by atoms with Crippen LogP contribution in [0.3, 0.4) is 0 Å². The number of nitrogens with zero attached hydrogens (tertiary/aromatic N) is 1. The van der Waals surface area contributed by atoms with Crippen LogP contribution in [-0.4, -0.2) is 24.5 Å². The van der Waals surface area contributed by atoms with Crippen LogP contribution < -0.4 is 4.74 Å². The molecule has 2 aromatic carbocycles. The van der Waals surface area contributed by atoms with Crippen LogP contribution >= 0.6 is 11.3 Å². The van der Waals surface area contributed by atoms with Crippen molar-refractivity contribution in [2.75, 3.05) is 13.7 Å². The summed E-state index contributed by atoms with van der Waals surface area (Å²) in [5.74, 6) is 0.750. The summed E-state index contributed by atoms with van der Waals surface area (Å²) < 4.78 is 5.28. The van der Waals surface area contributed by atoms with E-state index in [0.29, 0.717) is 11.3 Å². The molecule has 0 saturated heterocycles. The van der Waals surface area contributed by atoms with Crippen molar-refractivity contribution < 1.29 is 9.53 Å². The van der Waals surface area contributed by atoms with Gasteiger partial charge in [0.2, 0.25) is 0 Å². The Morgan fingerprint density at radius 2 is 1.96 bits per heavy atom. The Morgan fingerprint density at radius 3 is 2.76 bits per heavy atom. The van der Waals surface area contributed by atoms with E-state index in [1.807, 2.05) is 47.4 Å². The number of ether oxygens (including phenoxy) is 1. The van der Waals surface area contributed by atoms with E-state index in [1.165, 1.54) is 10.4 Å². The van der Waals surface area contributed by atoms with Gasteiger partial charge in [0.15, 0.2) is 0 Å². The molecule has 126 valence electrons. The maximum Gasteiger partial charge on any atom is 0.254 e. The molecule has 4 heteroatoms. The largest absolute Gasteiger partial charge is 0.497 e. The number of hydrogen-bond acceptors (Lipinski definition) is 3. The molecule has 0 bridgehead atoms. The van der Waals surface area contributed by atoms with Crippen molar-refractivity contribution in [3.8, 4) is 5.75 Å². The zero-order valence-corrected chi connectivity index (χ0v) is 14.8. The molecule has 0 radical (unpaired) electrons. The lowest BCUT2D eigenvalue weighted by Crippen LogP contribution is -2.40. The van der Waals surface area contributed by atoms with Crippen LogP contribution in [0.2, 0.25) is 0 Å². The maximum atomic E-state index is 13.3. The summed E-state index contributed by atoms with van der Waals surface area (Å²) in [7, 11) is 1.62. The van der Waals surface area contributed by atoms with E-state index in [1.54, 1.807) is 18.4 Å². The highest BCUT2D eigenvalue weighted by atomic mass is 32.1. The van der Waals surface area contributed by atoms with E-state index in [4.69, 9.17) is 4.74 Å². The van der Waals surface area contributed by atoms with Crippen LogP contribution in [0.25, 0.3) is 0 Å². The monoisotopic (exact) mass is 349 g/mol. The van der Waals surface area contributed by atoms with E-state index < -0.39 is 0 Å². The number of fused-ring (bicyclic) bond motifs is 1. The zero-order valence-electron chi connectivity index (χ0n) is 14.0. The zero-order chi connectivity index (χ0) is 17.2. The molecule has 1 aromatic heterocycles. The van der Waals surface area contributed by atoms with Crippen molar-refractivity contribution >= 4 is 17.2 Å². The summed E-state index contributed by atoms with van der Waals surface area (Å²) in [5.41, 5.74) is 3.07. The lowest BCUT2D eigenvalue weighted by molar-refractivity contribution is 0.0695. The van der Waals surface area contributed by atoms with Gasteiger partial charge in [-0.15, -0.1) is 11.3 Å². The number of carbonyl (C=O) groups excluding carboxylic acids is 1. The predicted octanol–water partition coefficient (Wildman–Crippen LogP) is 4.54. The number of rotatable bonds is 3. The molecule has 0 fully saturated rings. The van der Waals surface area contributed by atoms with Crippen molar-refractivity contribution in [3.05, 3.63) is 87.6 Å². The fraction of sp³-hybridized carbons (Fsp3) is 0.190. The molecule has 3 nitrogen and oxygen atoms in total. The fourth-order valence-electron chi connectivity index (χ4n) is 3.45. The molecule has 4 rings (SSSR count). The standard InChI is InChI=1S/C21H19NO2S/c1-24-17-9-5-8-16(14-17)21(23)22-12-10-19-18(11-13-25-19)20(22)15-6-3-2-4-7-15/h2-9,11,13-14,20H,10,12H2,1H3/t20-/m0/s1. The maximum absolute atomic E-state index is 13.3. The number of benzene rings is 2. The number of amides is 1. The van der Waals surface area contributed by atoms with Gasteiger partial charge >= 0.3 is 0 Å². The van der Waals surface area contributed by atoms with Crippen LogP contribution in [0.1, 0.15) is 32.4 Å². The second-order valence-electron chi connectivity index (χ2n) is 6.09. The van der Waals surface area contributed by atoms with Gasteiger partial charge in [-0.05, 0) is 47.2 Å². The first-order chi connectivity index (χ1) is 12.3. The van der Waals surface area contributed by atoms with E-state index >= 15 is 0 Å². The third kappa shape index (κ3) is 2.94. The number of thiophene rings is 1. The molecular formula is C21H19NO2S. The SMILES string of the molecule is COc1cccc(C(=O)N2CCc3sccc3[C@@H]2c2ccccc2)c1. The Bertz CT molecular complexity index is 888. The summed E-state index contributed by atoms with van der Waals surface area (Å²) in [6.45, 7) is 0.725. The molecule has 0 N–H and O–H groups in total. The third-order valence-electron chi connectivity index (χ3n) is 4.66. The Kier molecular flexibility index (Phi) is 4.28. The Morgan fingerprint density at radius 1 is 1.12 bits per heavy atom. The van der Waals surface area contributed by atoms with Crippen molar-refractivity contribution in [3.63, 3.8) is 0 Å². The van der Waals surface area contributed by atoms with Gasteiger partial charge in [0, 0.05) is 17.0 Å². The summed E-state index contributed by atoms with van der Waals surface area (Å²) in [5, 5.41) is 2.13. The first-order valence-electron chi connectivity index (χ1n) is 8.34. The minimum Gasteiger partial charge on any atom is -0.497 e. The van der Waals surface area contributed by atoms with E-state index in [0.717, 1.165) is 18.5 Å². The van der Waals surface area contributed by atoms with Crippen molar-refractivity contribution in [2.24, 2.45) is 0 Å². The van der Waals surface area contributed by atoms with Crippen LogP contribution in [-0.2, 0) is 6.42 Å². The van der Waals surface area contributed by atoms with Crippen LogP contribution in [0.5, 0.6) is 5.75 Å². The lowest BCUT2D eigenvalue weighted by atomic mass is 9.92. The Balaban J connectivity index is 1.76. The predicted molar refractivity (Wildman–Crippen MR) is 100 cm³/mol. The second-order valence-corrected chi connectivity index (χ2v) is 7.09. The highest BCUT2D eigenvalue weighted by Gasteiger charge is 2.33. The van der Waals surface area contributed by atoms with Crippen LogP contribution in [0, 0.1) is 0 Å². The Hall–Kier alpha value is -2.59. The van der Waals surface area contributed by atoms with E-state index in [-0.39, 0.29) is 11.9 Å². The second kappa shape index (κ2) is 6.73. The van der Waals surface area contributed by atoms with Crippen molar-refractivity contribution in [1.82, 2.24) is 4.90 Å². The van der Waals surface area contributed by atoms with E-state index in [2.05, 4.69) is 23.6 Å². The topological polar surface area (TPSA) is 29.5 Å². The normalized spacial score (nSPS) is 16.4. The molecule has 25 heavy (non-hydrogen) atoms. The molecular weight excluding hydrogens is 330 g/mol. The molecule has 1 aliphatic heterocycles. The summed E-state index contributed by atoms with van der Waals surface area (Å²) >= 11 is 1.78. The third-order valence-corrected chi connectivity index (χ3v) is 5.66. The Labute approximate surface area is 151 Å². The minimum absolute atomic E-state index is 0.0325. The van der Waals surface area contributed by atoms with Crippen LogP contribution in [0.4, 0.5) is 0 Å². The first-order valence-corrected chi connectivity index (χ1v) is 9.22. The van der Waals surface area contributed by atoms with E-state index in [9.17, 15) is 4.79 Å². The highest BCUT2D eigenvalue weighted by molar-refractivity contribution is 7.10. The van der Waals surface area contributed by atoms with Gasteiger partial charge < -0.3 is 9.64 Å². The molecule has 1 aliphatic rings. The molecule has 2 heterocycles. The van der Waals surface area contributed by atoms with Gasteiger partial charge in [-0.25, -0.2) is 0 Å². The molecule has 0 aliphatic carbocycles. The number of carbonyl (C=O) groups is 1. The number of hydrogen-bond donors (Lipinski definition) is 0. The average molecular weight is 349 g/mol. The van der Waals surface area contributed by atoms with Gasteiger partial charge in [0.25, 0.3) is 5.91 Å². The van der Waals surface area contributed by atoms with Gasteiger partial charge in [-0.3, -0.25) is 4.79 Å². The fourth-order valence-corrected chi connectivity index (χ4v) is 4.36. The minimum atomic E-state index is -0.0325. The van der Waals surface area contributed by atoms with Gasteiger partial charge in [0.1, 0.15) is 5.75 Å².